The van der Waals surface area contributed by atoms with Gasteiger partial charge in [-0.3, -0.25) is 9.79 Å². The highest BCUT2D eigenvalue weighted by atomic mass is 127. The first kappa shape index (κ1) is 24.0. The average Bonchev–Trinajstić information content (AvgIpc) is 2.76. The fourth-order valence-corrected chi connectivity index (χ4v) is 3.55. The third kappa shape index (κ3) is 6.35. The molecule has 162 valence electrons. The lowest BCUT2D eigenvalue weighted by atomic mass is 10.00. The number of nitrogens with zero attached hydrogens (tertiary/aromatic N) is 2. The van der Waals surface area contributed by atoms with E-state index in [9.17, 15) is 4.79 Å². The molecule has 1 amide bonds. The van der Waals surface area contributed by atoms with Crippen molar-refractivity contribution in [1.29, 1.82) is 0 Å². The van der Waals surface area contributed by atoms with E-state index in [2.05, 4.69) is 52.0 Å². The summed E-state index contributed by atoms with van der Waals surface area (Å²) < 4.78 is 5.38. The van der Waals surface area contributed by atoms with E-state index in [1.54, 1.807) is 14.2 Å². The van der Waals surface area contributed by atoms with E-state index < -0.39 is 0 Å². The van der Waals surface area contributed by atoms with Gasteiger partial charge in [0.15, 0.2) is 5.96 Å². The third-order valence-electron chi connectivity index (χ3n) is 5.29. The van der Waals surface area contributed by atoms with Gasteiger partial charge >= 0.3 is 0 Å². The van der Waals surface area contributed by atoms with Crippen LogP contribution in [0.1, 0.15) is 22.3 Å². The Balaban J connectivity index is 0.00000320. The highest BCUT2D eigenvalue weighted by molar-refractivity contribution is 14.0. The average molecular weight is 522 g/mol. The number of carbonyl (C=O) groups is 1. The zero-order chi connectivity index (χ0) is 20.6. The van der Waals surface area contributed by atoms with Crippen molar-refractivity contribution >= 4 is 35.8 Å². The summed E-state index contributed by atoms with van der Waals surface area (Å²) in [6.07, 6.45) is 1.75. The number of aryl methyl sites for hydroxylation is 1. The van der Waals surface area contributed by atoms with Gasteiger partial charge in [0.25, 0.3) is 0 Å². The third-order valence-corrected chi connectivity index (χ3v) is 5.29. The lowest BCUT2D eigenvalue weighted by Gasteiger charge is -2.29. The van der Waals surface area contributed by atoms with Crippen LogP contribution in [0.15, 0.2) is 47.5 Å². The Morgan fingerprint density at radius 1 is 1.17 bits per heavy atom. The maximum atomic E-state index is 12.6. The van der Waals surface area contributed by atoms with Crippen LogP contribution in [0.5, 0.6) is 5.75 Å². The summed E-state index contributed by atoms with van der Waals surface area (Å²) in [5.74, 6) is 1.62. The zero-order valence-electron chi connectivity index (χ0n) is 17.9. The highest BCUT2D eigenvalue weighted by Crippen LogP contribution is 2.19. The Labute approximate surface area is 196 Å². The highest BCUT2D eigenvalue weighted by Gasteiger charge is 2.20. The standard InChI is InChI=1S/C23H30N4O2.HI/c1-17-8-9-18(14-21(17)29-3)10-12-25-23(24-2)26-15-22(28)27-13-11-19-6-4-5-7-20(19)16-27;/h4-9,14H,10-13,15-16H2,1-3H3,(H2,24,25,26);1H. The van der Waals surface area contributed by atoms with E-state index in [-0.39, 0.29) is 36.4 Å². The number of halogens is 1. The molecule has 2 aromatic carbocycles. The molecule has 2 aromatic rings. The van der Waals surface area contributed by atoms with Crippen molar-refractivity contribution in [1.82, 2.24) is 15.5 Å². The molecule has 0 spiro atoms. The summed E-state index contributed by atoms with van der Waals surface area (Å²) in [4.78, 5) is 18.7. The number of methoxy groups -OCH3 is 1. The number of amides is 1. The van der Waals surface area contributed by atoms with Crippen molar-refractivity contribution in [3.8, 4) is 5.75 Å². The van der Waals surface area contributed by atoms with E-state index in [0.717, 1.165) is 37.2 Å². The van der Waals surface area contributed by atoms with E-state index in [1.165, 1.54) is 16.7 Å². The van der Waals surface area contributed by atoms with Gasteiger partial charge < -0.3 is 20.3 Å². The van der Waals surface area contributed by atoms with Crippen LogP contribution in [0.4, 0.5) is 0 Å². The van der Waals surface area contributed by atoms with E-state index in [0.29, 0.717) is 12.5 Å². The molecule has 0 fully saturated rings. The molecule has 0 aromatic heterocycles. The number of hydrogen-bond donors (Lipinski definition) is 2. The van der Waals surface area contributed by atoms with Crippen LogP contribution < -0.4 is 15.4 Å². The molecule has 0 atom stereocenters. The molecule has 30 heavy (non-hydrogen) atoms. The number of ether oxygens (including phenoxy) is 1. The van der Waals surface area contributed by atoms with Crippen molar-refractivity contribution in [3.05, 3.63) is 64.7 Å². The molecule has 3 rings (SSSR count). The molecule has 6 nitrogen and oxygen atoms in total. The number of fused-ring (bicyclic) bond motifs is 1. The summed E-state index contributed by atoms with van der Waals surface area (Å²) in [6.45, 7) is 4.43. The van der Waals surface area contributed by atoms with Crippen LogP contribution in [-0.2, 0) is 24.2 Å². The van der Waals surface area contributed by atoms with Gasteiger partial charge in [-0.2, -0.15) is 0 Å². The first-order valence-electron chi connectivity index (χ1n) is 10.0. The Morgan fingerprint density at radius 3 is 2.67 bits per heavy atom. The van der Waals surface area contributed by atoms with Gasteiger partial charge in [-0.1, -0.05) is 36.4 Å². The number of carbonyl (C=O) groups excluding carboxylic acids is 1. The first-order chi connectivity index (χ1) is 14.1. The maximum absolute atomic E-state index is 12.6. The Morgan fingerprint density at radius 2 is 1.93 bits per heavy atom. The fraction of sp³-hybridized carbons (Fsp3) is 0.391. The van der Waals surface area contributed by atoms with E-state index >= 15 is 0 Å². The summed E-state index contributed by atoms with van der Waals surface area (Å²) in [6, 6.07) is 14.6. The molecule has 2 N–H and O–H groups in total. The number of hydrogen-bond acceptors (Lipinski definition) is 3. The topological polar surface area (TPSA) is 66.0 Å². The van der Waals surface area contributed by atoms with Crippen LogP contribution in [-0.4, -0.2) is 50.6 Å². The van der Waals surface area contributed by atoms with Crippen LogP contribution in [0.25, 0.3) is 0 Å². The van der Waals surface area contributed by atoms with Crippen molar-refractivity contribution in [2.75, 3.05) is 33.8 Å². The van der Waals surface area contributed by atoms with Gasteiger partial charge in [0.2, 0.25) is 5.91 Å². The molecule has 0 aliphatic carbocycles. The smallest absolute Gasteiger partial charge is 0.242 e. The molecule has 1 heterocycles. The van der Waals surface area contributed by atoms with Crippen LogP contribution >= 0.6 is 24.0 Å². The quantitative estimate of drug-likeness (QED) is 0.348. The molecular formula is C23H31IN4O2. The lowest BCUT2D eigenvalue weighted by Crippen LogP contribution is -2.46. The summed E-state index contributed by atoms with van der Waals surface area (Å²) in [5.41, 5.74) is 4.90. The first-order valence-corrected chi connectivity index (χ1v) is 10.0. The van der Waals surface area contributed by atoms with Gasteiger partial charge in [-0.25, -0.2) is 0 Å². The van der Waals surface area contributed by atoms with Gasteiger partial charge in [0.05, 0.1) is 13.7 Å². The number of aliphatic imine (C=N–C) groups is 1. The molecule has 0 bridgehead atoms. The molecule has 1 aliphatic rings. The second-order valence-electron chi connectivity index (χ2n) is 7.24. The molecule has 1 aliphatic heterocycles. The second-order valence-corrected chi connectivity index (χ2v) is 7.24. The minimum absolute atomic E-state index is 0. The molecular weight excluding hydrogens is 491 g/mol. The van der Waals surface area contributed by atoms with Crippen molar-refractivity contribution in [3.63, 3.8) is 0 Å². The predicted octanol–water partition coefficient (Wildman–Crippen LogP) is 2.91. The molecule has 0 saturated carbocycles. The van der Waals surface area contributed by atoms with Crippen molar-refractivity contribution < 1.29 is 9.53 Å². The molecule has 0 radical (unpaired) electrons. The Bertz CT molecular complexity index is 885. The van der Waals surface area contributed by atoms with Crippen LogP contribution in [0, 0.1) is 6.92 Å². The van der Waals surface area contributed by atoms with Crippen LogP contribution in [0.3, 0.4) is 0 Å². The minimum atomic E-state index is 0. The Kier molecular flexibility index (Phi) is 9.42. The van der Waals surface area contributed by atoms with Gasteiger partial charge in [-0.15, -0.1) is 24.0 Å². The minimum Gasteiger partial charge on any atom is -0.496 e. The van der Waals surface area contributed by atoms with Gasteiger partial charge in [0.1, 0.15) is 5.75 Å². The monoisotopic (exact) mass is 522 g/mol. The predicted molar refractivity (Wildman–Crippen MR) is 132 cm³/mol. The summed E-state index contributed by atoms with van der Waals surface area (Å²) >= 11 is 0. The number of nitrogens with one attached hydrogen (secondary N) is 2. The molecule has 0 unspecified atom stereocenters. The SMILES string of the molecule is CN=C(NCCc1ccc(C)c(OC)c1)NCC(=O)N1CCc2ccccc2C1.I. The number of benzene rings is 2. The van der Waals surface area contributed by atoms with E-state index in [1.807, 2.05) is 17.9 Å². The largest absolute Gasteiger partial charge is 0.496 e. The fourth-order valence-electron chi connectivity index (χ4n) is 3.55. The normalized spacial score (nSPS) is 13.2. The van der Waals surface area contributed by atoms with Crippen molar-refractivity contribution in [2.24, 2.45) is 4.99 Å². The summed E-state index contributed by atoms with van der Waals surface area (Å²) in [5, 5.41) is 6.40. The maximum Gasteiger partial charge on any atom is 0.242 e. The molecule has 7 heteroatoms. The van der Waals surface area contributed by atoms with Crippen molar-refractivity contribution in [2.45, 2.75) is 26.3 Å². The van der Waals surface area contributed by atoms with Gasteiger partial charge in [-0.05, 0) is 48.1 Å². The zero-order valence-corrected chi connectivity index (χ0v) is 20.2. The molecule has 0 saturated heterocycles. The van der Waals surface area contributed by atoms with Crippen LogP contribution in [0.2, 0.25) is 0 Å². The van der Waals surface area contributed by atoms with E-state index in [4.69, 9.17) is 4.74 Å². The Hall–Kier alpha value is -2.29. The number of rotatable bonds is 6. The number of guanidine groups is 1. The second kappa shape index (κ2) is 11.8. The lowest BCUT2D eigenvalue weighted by molar-refractivity contribution is -0.130. The van der Waals surface area contributed by atoms with Gasteiger partial charge in [0, 0.05) is 26.7 Å². The summed E-state index contributed by atoms with van der Waals surface area (Å²) in [7, 11) is 3.40.